The van der Waals surface area contributed by atoms with Crippen molar-refractivity contribution < 1.29 is 9.53 Å². The maximum Gasteiger partial charge on any atom is 0.258 e. The molecule has 4 rings (SSSR count). The second kappa shape index (κ2) is 9.32. The number of hydrogen-bond acceptors (Lipinski definition) is 7. The van der Waals surface area contributed by atoms with Crippen molar-refractivity contribution in [2.45, 2.75) is 39.2 Å². The number of anilines is 1. The highest BCUT2D eigenvalue weighted by molar-refractivity contribution is 7.03. The lowest BCUT2D eigenvalue weighted by molar-refractivity contribution is 0.102. The van der Waals surface area contributed by atoms with Crippen molar-refractivity contribution in [1.29, 1.82) is 0 Å². The number of aryl methyl sites for hydroxylation is 2. The Balaban J connectivity index is 1.64. The summed E-state index contributed by atoms with van der Waals surface area (Å²) in [5, 5.41) is 8.18. The molecule has 2 aromatic heterocycles. The fourth-order valence-electron chi connectivity index (χ4n) is 3.69. The molecule has 30 heavy (non-hydrogen) atoms. The summed E-state index contributed by atoms with van der Waals surface area (Å²) in [6.07, 6.45) is 6.69. The number of hydrogen-bond donors (Lipinski definition) is 2. The molecule has 1 unspecified atom stereocenters. The van der Waals surface area contributed by atoms with Gasteiger partial charge in [-0.15, -0.1) is 0 Å². The van der Waals surface area contributed by atoms with Gasteiger partial charge in [0.2, 0.25) is 0 Å². The lowest BCUT2D eigenvalue weighted by atomic mass is 10.0. The molecule has 3 aromatic rings. The molecule has 0 radical (unpaired) electrons. The first-order valence-electron chi connectivity index (χ1n) is 10.1. The zero-order valence-corrected chi connectivity index (χ0v) is 18.0. The number of aromatic nitrogens is 3. The summed E-state index contributed by atoms with van der Waals surface area (Å²) in [7, 11) is 0. The van der Waals surface area contributed by atoms with Gasteiger partial charge in [-0.05, 0) is 63.0 Å². The van der Waals surface area contributed by atoms with E-state index in [0.717, 1.165) is 41.2 Å². The van der Waals surface area contributed by atoms with Crippen molar-refractivity contribution in [2.24, 2.45) is 0 Å². The molecular weight excluding hydrogens is 398 g/mol. The van der Waals surface area contributed by atoms with E-state index in [2.05, 4.69) is 25.0 Å². The van der Waals surface area contributed by atoms with Crippen LogP contribution in [0.1, 0.15) is 41.0 Å². The van der Waals surface area contributed by atoms with E-state index < -0.39 is 0 Å². The summed E-state index contributed by atoms with van der Waals surface area (Å²) in [5.41, 5.74) is 4.77. The fourth-order valence-corrected chi connectivity index (χ4v) is 4.21. The molecule has 156 valence electrons. The predicted octanol–water partition coefficient (Wildman–Crippen LogP) is 3.99. The molecular formula is C22H25N5O2S. The van der Waals surface area contributed by atoms with Crippen molar-refractivity contribution in [3.8, 4) is 16.9 Å². The van der Waals surface area contributed by atoms with E-state index in [-0.39, 0.29) is 5.91 Å². The molecule has 0 aliphatic carbocycles. The van der Waals surface area contributed by atoms with Gasteiger partial charge in [0.15, 0.2) is 0 Å². The molecule has 0 bridgehead atoms. The minimum atomic E-state index is -0.187. The number of rotatable bonds is 6. The van der Waals surface area contributed by atoms with Crippen LogP contribution in [0.4, 0.5) is 5.69 Å². The third-order valence-corrected chi connectivity index (χ3v) is 5.87. The van der Waals surface area contributed by atoms with E-state index >= 15 is 0 Å². The molecule has 1 aliphatic rings. The van der Waals surface area contributed by atoms with Crippen molar-refractivity contribution >= 4 is 23.1 Å². The summed E-state index contributed by atoms with van der Waals surface area (Å²) < 4.78 is 10.2. The molecule has 3 heterocycles. The van der Waals surface area contributed by atoms with E-state index in [0.29, 0.717) is 23.9 Å². The number of ether oxygens (including phenoxy) is 1. The number of piperidine rings is 1. The molecule has 2 N–H and O–H groups in total. The maximum atomic E-state index is 12.5. The first kappa shape index (κ1) is 20.4. The highest BCUT2D eigenvalue weighted by Gasteiger charge is 2.18. The number of carbonyl (C=O) groups is 1. The summed E-state index contributed by atoms with van der Waals surface area (Å²) in [5.74, 6) is 0.575. The summed E-state index contributed by atoms with van der Waals surface area (Å²) in [6, 6.07) is 6.05. The average Bonchev–Trinajstić information content (AvgIpc) is 3.29. The highest BCUT2D eigenvalue weighted by Crippen LogP contribution is 2.36. The Kier molecular flexibility index (Phi) is 6.35. The first-order chi connectivity index (χ1) is 14.6. The highest BCUT2D eigenvalue weighted by atomic mass is 32.1. The standard InChI is InChI=1S/C22H25N5O2S/c1-14-21(15(2)25-13-24-14)19-9-17(27-22(28)16-10-26-30-12-16)6-7-20(19)29-11-18-5-3-4-8-23-18/h6-7,9-10,12-13,18,23H,3-5,8,11H2,1-2H3,(H,27,28). The quantitative estimate of drug-likeness (QED) is 0.623. The van der Waals surface area contributed by atoms with Crippen LogP contribution < -0.4 is 15.4 Å². The van der Waals surface area contributed by atoms with Gasteiger partial charge < -0.3 is 15.4 Å². The molecule has 0 saturated carbocycles. The van der Waals surface area contributed by atoms with Gasteiger partial charge in [0.1, 0.15) is 18.7 Å². The van der Waals surface area contributed by atoms with Gasteiger partial charge in [0.05, 0.1) is 11.8 Å². The Morgan fingerprint density at radius 2 is 2.10 bits per heavy atom. The van der Waals surface area contributed by atoms with E-state index in [4.69, 9.17) is 4.74 Å². The molecule has 1 fully saturated rings. The van der Waals surface area contributed by atoms with Crippen LogP contribution in [-0.4, -0.2) is 39.4 Å². The largest absolute Gasteiger partial charge is 0.491 e. The van der Waals surface area contributed by atoms with Gasteiger partial charge in [-0.2, -0.15) is 0 Å². The van der Waals surface area contributed by atoms with E-state index in [9.17, 15) is 4.79 Å². The number of benzene rings is 1. The summed E-state index contributed by atoms with van der Waals surface area (Å²) >= 11 is 1.25. The van der Waals surface area contributed by atoms with Gasteiger partial charge in [-0.25, -0.2) is 14.3 Å². The van der Waals surface area contributed by atoms with Gasteiger partial charge in [0, 0.05) is 39.6 Å². The minimum absolute atomic E-state index is 0.187. The van der Waals surface area contributed by atoms with Gasteiger partial charge in [0.25, 0.3) is 5.91 Å². The molecule has 1 aromatic carbocycles. The lowest BCUT2D eigenvalue weighted by Gasteiger charge is -2.24. The topological polar surface area (TPSA) is 89.0 Å². The Labute approximate surface area is 180 Å². The van der Waals surface area contributed by atoms with Crippen LogP contribution in [0.25, 0.3) is 11.1 Å². The first-order valence-corrected chi connectivity index (χ1v) is 10.9. The fraction of sp³-hybridized carbons (Fsp3) is 0.364. The van der Waals surface area contributed by atoms with Gasteiger partial charge >= 0.3 is 0 Å². The molecule has 8 heteroatoms. The van der Waals surface area contributed by atoms with E-state index in [1.165, 1.54) is 24.4 Å². The zero-order chi connectivity index (χ0) is 20.9. The second-order valence-electron chi connectivity index (χ2n) is 7.46. The number of nitrogens with one attached hydrogen (secondary N) is 2. The Hall–Kier alpha value is -2.84. The molecule has 1 amide bonds. The van der Waals surface area contributed by atoms with Crippen LogP contribution in [0.5, 0.6) is 5.75 Å². The monoisotopic (exact) mass is 423 g/mol. The normalized spacial score (nSPS) is 16.3. The summed E-state index contributed by atoms with van der Waals surface area (Å²) in [6.45, 7) is 5.55. The van der Waals surface area contributed by atoms with Gasteiger partial charge in [-0.3, -0.25) is 4.79 Å². The van der Waals surface area contributed by atoms with Crippen molar-refractivity contribution in [2.75, 3.05) is 18.5 Å². The molecule has 1 atom stereocenters. The molecule has 7 nitrogen and oxygen atoms in total. The zero-order valence-electron chi connectivity index (χ0n) is 17.1. The third kappa shape index (κ3) is 4.66. The molecule has 0 spiro atoms. The molecule has 1 aliphatic heterocycles. The second-order valence-corrected chi connectivity index (χ2v) is 8.11. The predicted molar refractivity (Wildman–Crippen MR) is 118 cm³/mol. The van der Waals surface area contributed by atoms with Crippen LogP contribution in [0.15, 0.2) is 36.1 Å². The van der Waals surface area contributed by atoms with Crippen LogP contribution in [0.2, 0.25) is 0 Å². The van der Waals surface area contributed by atoms with E-state index in [1.807, 2.05) is 32.0 Å². The molecule has 1 saturated heterocycles. The van der Waals surface area contributed by atoms with Crippen LogP contribution >= 0.6 is 11.5 Å². The average molecular weight is 424 g/mol. The number of carbonyl (C=O) groups excluding carboxylic acids is 1. The Bertz CT molecular complexity index is 996. The SMILES string of the molecule is Cc1ncnc(C)c1-c1cc(NC(=O)c2cnsc2)ccc1OCC1CCCCN1. The third-order valence-electron chi connectivity index (χ3n) is 5.28. The van der Waals surface area contributed by atoms with E-state index in [1.54, 1.807) is 17.9 Å². The number of amides is 1. The van der Waals surface area contributed by atoms with Crippen molar-refractivity contribution in [3.63, 3.8) is 0 Å². The maximum absolute atomic E-state index is 12.5. The Morgan fingerprint density at radius 1 is 1.27 bits per heavy atom. The van der Waals surface area contributed by atoms with Crippen LogP contribution in [-0.2, 0) is 0 Å². The van der Waals surface area contributed by atoms with Crippen molar-refractivity contribution in [3.05, 3.63) is 53.1 Å². The van der Waals surface area contributed by atoms with Crippen LogP contribution in [0.3, 0.4) is 0 Å². The smallest absolute Gasteiger partial charge is 0.258 e. The lowest BCUT2D eigenvalue weighted by Crippen LogP contribution is -2.38. The number of nitrogens with zero attached hydrogens (tertiary/aromatic N) is 3. The minimum Gasteiger partial charge on any atom is -0.491 e. The Morgan fingerprint density at radius 3 is 2.80 bits per heavy atom. The summed E-state index contributed by atoms with van der Waals surface area (Å²) in [4.78, 5) is 21.2. The van der Waals surface area contributed by atoms with Gasteiger partial charge in [-0.1, -0.05) is 6.42 Å². The van der Waals surface area contributed by atoms with Crippen LogP contribution in [0, 0.1) is 13.8 Å². The van der Waals surface area contributed by atoms with Crippen molar-refractivity contribution in [1.82, 2.24) is 19.7 Å².